The minimum atomic E-state index is -3.43. The standard InChI is InChI=1S/C20H23N7O2S/c1-12(25-19-14(10-21)18(22)23-11-24-19)20-26-17-15(27(20)13-6-3-4-7-13)8-5-9-16(17)30(2,28)29/h5,8-9,11-13H,3-4,6-7H2,1-2H3,(H3,22,23,24,25)/t12-/m0/s1. The molecule has 2 heterocycles. The number of aromatic nitrogens is 4. The summed E-state index contributed by atoms with van der Waals surface area (Å²) in [6, 6.07) is 7.19. The van der Waals surface area contributed by atoms with Gasteiger partial charge < -0.3 is 15.6 Å². The molecule has 1 atom stereocenters. The zero-order chi connectivity index (χ0) is 21.5. The first-order chi connectivity index (χ1) is 14.3. The molecule has 1 aliphatic rings. The molecule has 0 saturated heterocycles. The summed E-state index contributed by atoms with van der Waals surface area (Å²) in [6.45, 7) is 1.91. The van der Waals surface area contributed by atoms with Gasteiger partial charge in [0.15, 0.2) is 9.84 Å². The van der Waals surface area contributed by atoms with E-state index in [0.29, 0.717) is 17.2 Å². The summed E-state index contributed by atoms with van der Waals surface area (Å²) < 4.78 is 26.8. The zero-order valence-corrected chi connectivity index (χ0v) is 17.6. The van der Waals surface area contributed by atoms with Gasteiger partial charge in [0.2, 0.25) is 0 Å². The van der Waals surface area contributed by atoms with E-state index in [1.165, 1.54) is 12.6 Å². The second-order valence-electron chi connectivity index (χ2n) is 7.63. The van der Waals surface area contributed by atoms with Crippen molar-refractivity contribution < 1.29 is 8.42 Å². The molecule has 3 N–H and O–H groups in total. The second-order valence-corrected chi connectivity index (χ2v) is 9.62. The largest absolute Gasteiger partial charge is 0.382 e. The van der Waals surface area contributed by atoms with Crippen LogP contribution in [0.25, 0.3) is 11.0 Å². The summed E-state index contributed by atoms with van der Waals surface area (Å²) in [5, 5.41) is 12.6. The normalized spacial score (nSPS) is 15.9. The van der Waals surface area contributed by atoms with Crippen molar-refractivity contribution in [1.82, 2.24) is 19.5 Å². The van der Waals surface area contributed by atoms with Gasteiger partial charge in [0.1, 0.15) is 40.9 Å². The van der Waals surface area contributed by atoms with Gasteiger partial charge in [-0.25, -0.2) is 23.4 Å². The van der Waals surface area contributed by atoms with Crippen LogP contribution in [0.3, 0.4) is 0 Å². The third-order valence-electron chi connectivity index (χ3n) is 5.53. The predicted molar refractivity (Wildman–Crippen MR) is 114 cm³/mol. The Morgan fingerprint density at radius 1 is 1.30 bits per heavy atom. The van der Waals surface area contributed by atoms with Gasteiger partial charge in [-0.05, 0) is 31.9 Å². The van der Waals surface area contributed by atoms with Crippen molar-refractivity contribution in [2.45, 2.75) is 49.6 Å². The molecule has 0 bridgehead atoms. The van der Waals surface area contributed by atoms with Crippen LogP contribution in [-0.4, -0.2) is 34.2 Å². The van der Waals surface area contributed by atoms with E-state index in [9.17, 15) is 13.7 Å². The lowest BCUT2D eigenvalue weighted by Crippen LogP contribution is -2.18. The van der Waals surface area contributed by atoms with Crippen molar-refractivity contribution in [2.75, 3.05) is 17.3 Å². The molecule has 1 fully saturated rings. The quantitative estimate of drug-likeness (QED) is 0.636. The van der Waals surface area contributed by atoms with Crippen LogP contribution < -0.4 is 11.1 Å². The number of anilines is 2. The molecule has 0 aliphatic heterocycles. The molecule has 156 valence electrons. The van der Waals surface area contributed by atoms with Crippen molar-refractivity contribution >= 4 is 32.5 Å². The number of nitrogens with two attached hydrogens (primary N) is 1. The third-order valence-corrected chi connectivity index (χ3v) is 6.66. The minimum absolute atomic E-state index is 0.103. The van der Waals surface area contributed by atoms with E-state index < -0.39 is 9.84 Å². The lowest BCUT2D eigenvalue weighted by molar-refractivity contribution is 0.501. The molecule has 4 rings (SSSR count). The highest BCUT2D eigenvalue weighted by molar-refractivity contribution is 7.91. The molecule has 1 saturated carbocycles. The molecule has 0 unspecified atom stereocenters. The Hall–Kier alpha value is -3.19. The number of nitrogen functional groups attached to an aromatic ring is 1. The van der Waals surface area contributed by atoms with Gasteiger partial charge >= 0.3 is 0 Å². The minimum Gasteiger partial charge on any atom is -0.382 e. The van der Waals surface area contributed by atoms with E-state index >= 15 is 0 Å². The van der Waals surface area contributed by atoms with Crippen molar-refractivity contribution in [1.29, 1.82) is 5.26 Å². The van der Waals surface area contributed by atoms with Crippen LogP contribution in [0.5, 0.6) is 0 Å². The molecule has 0 radical (unpaired) electrons. The van der Waals surface area contributed by atoms with Crippen molar-refractivity contribution in [3.63, 3.8) is 0 Å². The van der Waals surface area contributed by atoms with E-state index in [2.05, 4.69) is 19.9 Å². The summed E-state index contributed by atoms with van der Waals surface area (Å²) in [7, 11) is -3.43. The third kappa shape index (κ3) is 3.45. The number of nitriles is 1. The molecule has 30 heavy (non-hydrogen) atoms. The SMILES string of the molecule is C[C@H](Nc1ncnc(N)c1C#N)c1nc2c(S(C)(=O)=O)cccc2n1C1CCCC1. The van der Waals surface area contributed by atoms with Crippen LogP contribution in [0.2, 0.25) is 0 Å². The highest BCUT2D eigenvalue weighted by atomic mass is 32.2. The summed E-state index contributed by atoms with van der Waals surface area (Å²) in [5.41, 5.74) is 7.25. The van der Waals surface area contributed by atoms with E-state index in [0.717, 1.165) is 31.2 Å². The van der Waals surface area contributed by atoms with Gasteiger partial charge in [0.25, 0.3) is 0 Å². The topological polar surface area (TPSA) is 140 Å². The Kier molecular flexibility index (Phi) is 5.07. The smallest absolute Gasteiger partial charge is 0.177 e. The molecule has 10 heteroatoms. The van der Waals surface area contributed by atoms with Crippen molar-refractivity contribution in [3.8, 4) is 6.07 Å². The summed E-state index contributed by atoms with van der Waals surface area (Å²) in [4.78, 5) is 13.0. The number of para-hydroxylation sites is 1. The number of nitrogens with zero attached hydrogens (tertiary/aromatic N) is 5. The van der Waals surface area contributed by atoms with Crippen LogP contribution in [0, 0.1) is 11.3 Å². The van der Waals surface area contributed by atoms with E-state index in [-0.39, 0.29) is 28.4 Å². The highest BCUT2D eigenvalue weighted by Crippen LogP contribution is 2.37. The number of imidazole rings is 1. The lowest BCUT2D eigenvalue weighted by atomic mass is 10.2. The number of benzene rings is 1. The maximum absolute atomic E-state index is 12.3. The predicted octanol–water partition coefficient (Wildman–Crippen LogP) is 2.97. The number of sulfone groups is 1. The first kappa shape index (κ1) is 20.1. The second kappa shape index (κ2) is 7.57. The van der Waals surface area contributed by atoms with Crippen LogP contribution in [0.1, 0.15) is 56.1 Å². The van der Waals surface area contributed by atoms with Gasteiger partial charge in [-0.3, -0.25) is 0 Å². The fraction of sp³-hybridized carbons (Fsp3) is 0.400. The molecular formula is C20H23N7O2S. The number of nitrogens with one attached hydrogen (secondary N) is 1. The molecule has 1 aromatic carbocycles. The molecule has 0 amide bonds. The van der Waals surface area contributed by atoms with Crippen LogP contribution >= 0.6 is 0 Å². The monoisotopic (exact) mass is 425 g/mol. The molecule has 9 nitrogen and oxygen atoms in total. The first-order valence-electron chi connectivity index (χ1n) is 9.79. The van der Waals surface area contributed by atoms with Gasteiger partial charge in [-0.15, -0.1) is 0 Å². The average molecular weight is 426 g/mol. The van der Waals surface area contributed by atoms with Crippen molar-refractivity contribution in [3.05, 3.63) is 35.9 Å². The molecule has 2 aromatic heterocycles. The molecular weight excluding hydrogens is 402 g/mol. The molecule has 0 spiro atoms. The molecule has 3 aromatic rings. The Morgan fingerprint density at radius 2 is 2.03 bits per heavy atom. The summed E-state index contributed by atoms with van der Waals surface area (Å²) in [5.74, 6) is 1.13. The number of fused-ring (bicyclic) bond motifs is 1. The van der Waals surface area contributed by atoms with Crippen molar-refractivity contribution in [2.24, 2.45) is 0 Å². The fourth-order valence-corrected chi connectivity index (χ4v) is 4.98. The van der Waals surface area contributed by atoms with Crippen LogP contribution in [-0.2, 0) is 9.84 Å². The molecule has 1 aliphatic carbocycles. The van der Waals surface area contributed by atoms with Gasteiger partial charge in [-0.2, -0.15) is 5.26 Å². The number of hydrogen-bond acceptors (Lipinski definition) is 8. The Labute approximate surface area is 174 Å². The number of rotatable bonds is 5. The Morgan fingerprint density at radius 3 is 2.70 bits per heavy atom. The van der Waals surface area contributed by atoms with E-state index in [1.54, 1.807) is 12.1 Å². The van der Waals surface area contributed by atoms with E-state index in [1.807, 2.05) is 19.1 Å². The maximum Gasteiger partial charge on any atom is 0.177 e. The number of hydrogen-bond donors (Lipinski definition) is 2. The fourth-order valence-electron chi connectivity index (χ4n) is 4.15. The average Bonchev–Trinajstić information content (AvgIpc) is 3.34. The van der Waals surface area contributed by atoms with Crippen LogP contribution in [0.4, 0.5) is 11.6 Å². The summed E-state index contributed by atoms with van der Waals surface area (Å²) in [6.07, 6.45) is 6.76. The summed E-state index contributed by atoms with van der Waals surface area (Å²) >= 11 is 0. The zero-order valence-electron chi connectivity index (χ0n) is 16.8. The Bertz CT molecular complexity index is 1250. The first-order valence-corrected chi connectivity index (χ1v) is 11.7. The van der Waals surface area contributed by atoms with E-state index in [4.69, 9.17) is 10.7 Å². The van der Waals surface area contributed by atoms with Gasteiger partial charge in [0, 0.05) is 12.3 Å². The van der Waals surface area contributed by atoms with Gasteiger partial charge in [-0.1, -0.05) is 18.9 Å². The maximum atomic E-state index is 12.3. The van der Waals surface area contributed by atoms with Crippen LogP contribution in [0.15, 0.2) is 29.4 Å². The Balaban J connectivity index is 1.86. The highest BCUT2D eigenvalue weighted by Gasteiger charge is 2.28. The van der Waals surface area contributed by atoms with Gasteiger partial charge in [0.05, 0.1) is 16.5 Å². The lowest BCUT2D eigenvalue weighted by Gasteiger charge is -2.21.